The summed E-state index contributed by atoms with van der Waals surface area (Å²) in [5.41, 5.74) is 14.4. The second-order valence-electron chi connectivity index (χ2n) is 4.10. The summed E-state index contributed by atoms with van der Waals surface area (Å²) in [6.45, 7) is 0. The lowest BCUT2D eigenvalue weighted by Gasteiger charge is -2.04. The number of nitrogens with two attached hydrogens (primary N) is 2. The van der Waals surface area contributed by atoms with Crippen LogP contribution in [0.15, 0.2) is 58.9 Å². The minimum atomic E-state index is -0.595. The number of rotatable bonds is 5. The zero-order valence-corrected chi connectivity index (χ0v) is 11.0. The van der Waals surface area contributed by atoms with Crippen molar-refractivity contribution in [1.82, 2.24) is 0 Å². The van der Waals surface area contributed by atoms with Crippen LogP contribution in [-0.4, -0.2) is 11.8 Å². The van der Waals surface area contributed by atoms with E-state index in [0.29, 0.717) is 16.9 Å². The maximum atomic E-state index is 11.2. The van der Waals surface area contributed by atoms with Crippen molar-refractivity contribution in [1.29, 1.82) is 0 Å². The van der Waals surface area contributed by atoms with Crippen LogP contribution in [0.25, 0.3) is 0 Å². The summed E-state index contributed by atoms with van der Waals surface area (Å²) in [4.78, 5) is 22.5. The van der Waals surface area contributed by atoms with Gasteiger partial charge in [-0.2, -0.15) is 0 Å². The van der Waals surface area contributed by atoms with Crippen LogP contribution in [0, 0.1) is 0 Å². The first-order valence-electron chi connectivity index (χ1n) is 6.04. The molecule has 0 fully saturated rings. The van der Waals surface area contributed by atoms with E-state index in [0.717, 1.165) is 0 Å². The molecular weight excluding hydrogens is 270 g/mol. The van der Waals surface area contributed by atoms with E-state index in [-0.39, 0.29) is 5.56 Å². The average molecular weight is 283 g/mol. The third kappa shape index (κ3) is 3.41. The smallest absolute Gasteiger partial charge is 0.250 e. The third-order valence-electron chi connectivity index (χ3n) is 2.69. The van der Waals surface area contributed by atoms with Crippen LogP contribution in [-0.2, 0) is 0 Å². The molecule has 0 unspecified atom stereocenters. The van der Waals surface area contributed by atoms with Gasteiger partial charge in [0.1, 0.15) is 5.69 Å². The number of para-hydroxylation sites is 1. The highest BCUT2D eigenvalue weighted by Crippen LogP contribution is 2.19. The maximum absolute atomic E-state index is 11.2. The lowest BCUT2D eigenvalue weighted by atomic mass is 10.2. The molecule has 7 heteroatoms. The Morgan fingerprint density at radius 1 is 0.857 bits per heavy atom. The Kier molecular flexibility index (Phi) is 4.25. The normalized spacial score (nSPS) is 10.5. The van der Waals surface area contributed by atoms with Gasteiger partial charge < -0.3 is 11.5 Å². The number of hydrogen-bond acceptors (Lipinski definition) is 4. The maximum Gasteiger partial charge on any atom is 0.250 e. The van der Waals surface area contributed by atoms with Crippen LogP contribution in [0.5, 0.6) is 0 Å². The predicted molar refractivity (Wildman–Crippen MR) is 78.1 cm³/mol. The Balaban J connectivity index is 2.21. The van der Waals surface area contributed by atoms with Crippen LogP contribution < -0.4 is 16.9 Å². The standard InChI is InChI=1S/C14H13N5O2/c15-13(20)9-5-1-3-7-11(9)17-19-18-12-8-4-2-6-10(12)14(16)21/h1-8H,(H2,15,20)(H2,16,21)(H,17,18). The van der Waals surface area contributed by atoms with Gasteiger partial charge in [0.25, 0.3) is 11.8 Å². The average Bonchev–Trinajstić information content (AvgIpc) is 2.48. The number of carbonyl (C=O) groups is 2. The van der Waals surface area contributed by atoms with Crippen LogP contribution in [0.4, 0.5) is 11.4 Å². The minimum Gasteiger partial charge on any atom is -0.366 e. The van der Waals surface area contributed by atoms with E-state index >= 15 is 0 Å². The Morgan fingerprint density at radius 3 is 2.10 bits per heavy atom. The van der Waals surface area contributed by atoms with Crippen LogP contribution in [0.3, 0.4) is 0 Å². The second kappa shape index (κ2) is 6.29. The van der Waals surface area contributed by atoms with Gasteiger partial charge in [0, 0.05) is 0 Å². The van der Waals surface area contributed by atoms with Crippen molar-refractivity contribution in [2.75, 3.05) is 5.43 Å². The number of nitrogens with zero attached hydrogens (tertiary/aromatic N) is 2. The molecule has 0 radical (unpaired) electrons. The fourth-order valence-electron chi connectivity index (χ4n) is 1.70. The summed E-state index contributed by atoms with van der Waals surface area (Å²) in [5, 5.41) is 7.64. The summed E-state index contributed by atoms with van der Waals surface area (Å²) >= 11 is 0. The molecule has 0 atom stereocenters. The largest absolute Gasteiger partial charge is 0.366 e. The number of amides is 2. The van der Waals surface area contributed by atoms with E-state index in [1.165, 1.54) is 0 Å². The Morgan fingerprint density at radius 2 is 1.43 bits per heavy atom. The number of nitrogens with one attached hydrogen (secondary N) is 1. The summed E-state index contributed by atoms with van der Waals surface area (Å²) in [6, 6.07) is 13.1. The van der Waals surface area contributed by atoms with Crippen molar-refractivity contribution in [2.24, 2.45) is 21.8 Å². The van der Waals surface area contributed by atoms with Crippen molar-refractivity contribution in [3.05, 3.63) is 59.7 Å². The van der Waals surface area contributed by atoms with Crippen LogP contribution in [0.2, 0.25) is 0 Å². The molecule has 0 aliphatic rings. The van der Waals surface area contributed by atoms with Crippen molar-refractivity contribution < 1.29 is 9.59 Å². The highest BCUT2D eigenvalue weighted by atomic mass is 16.1. The molecule has 0 spiro atoms. The van der Waals surface area contributed by atoms with E-state index in [1.807, 2.05) is 0 Å². The fraction of sp³-hybridized carbons (Fsp3) is 0. The SMILES string of the molecule is NC(=O)c1ccccc1N=NNc1ccccc1C(N)=O. The van der Waals surface area contributed by atoms with Gasteiger partial charge in [0.2, 0.25) is 0 Å². The summed E-state index contributed by atoms with van der Waals surface area (Å²) in [5.74, 6) is -1.17. The molecular formula is C14H13N5O2. The van der Waals surface area contributed by atoms with Crippen LogP contribution in [0.1, 0.15) is 20.7 Å². The van der Waals surface area contributed by atoms with E-state index < -0.39 is 11.8 Å². The van der Waals surface area contributed by atoms with E-state index in [4.69, 9.17) is 11.5 Å². The van der Waals surface area contributed by atoms with Gasteiger partial charge in [-0.3, -0.25) is 15.0 Å². The number of primary amides is 2. The van der Waals surface area contributed by atoms with Crippen LogP contribution >= 0.6 is 0 Å². The highest BCUT2D eigenvalue weighted by molar-refractivity contribution is 5.98. The zero-order valence-electron chi connectivity index (χ0n) is 11.0. The topological polar surface area (TPSA) is 123 Å². The number of hydrogen-bond donors (Lipinski definition) is 3. The molecule has 5 N–H and O–H groups in total. The molecule has 2 aromatic carbocycles. The number of carbonyl (C=O) groups excluding carboxylic acids is 2. The third-order valence-corrected chi connectivity index (χ3v) is 2.69. The molecule has 0 aliphatic heterocycles. The van der Waals surface area contributed by atoms with Gasteiger partial charge in [-0.05, 0) is 24.3 Å². The van der Waals surface area contributed by atoms with Crippen molar-refractivity contribution in [3.63, 3.8) is 0 Å². The fourth-order valence-corrected chi connectivity index (χ4v) is 1.70. The van der Waals surface area contributed by atoms with Gasteiger partial charge in [0.05, 0.1) is 16.8 Å². The molecule has 106 valence electrons. The van der Waals surface area contributed by atoms with E-state index in [2.05, 4.69) is 15.8 Å². The van der Waals surface area contributed by atoms with Crippen molar-refractivity contribution in [3.8, 4) is 0 Å². The summed E-state index contributed by atoms with van der Waals surface area (Å²) in [6.07, 6.45) is 0. The van der Waals surface area contributed by atoms with Gasteiger partial charge in [-0.1, -0.05) is 29.5 Å². The van der Waals surface area contributed by atoms with E-state index in [9.17, 15) is 9.59 Å². The first-order valence-corrected chi connectivity index (χ1v) is 6.04. The molecule has 0 saturated heterocycles. The zero-order chi connectivity index (χ0) is 15.2. The lowest BCUT2D eigenvalue weighted by Crippen LogP contribution is -2.12. The molecule has 0 bridgehead atoms. The summed E-state index contributed by atoms with van der Waals surface area (Å²) in [7, 11) is 0. The molecule has 0 aliphatic carbocycles. The minimum absolute atomic E-state index is 0.256. The van der Waals surface area contributed by atoms with Crippen molar-refractivity contribution >= 4 is 23.2 Å². The molecule has 21 heavy (non-hydrogen) atoms. The molecule has 0 saturated carbocycles. The van der Waals surface area contributed by atoms with Gasteiger partial charge >= 0.3 is 0 Å². The van der Waals surface area contributed by atoms with Gasteiger partial charge in [0.15, 0.2) is 0 Å². The molecule has 7 nitrogen and oxygen atoms in total. The summed E-state index contributed by atoms with van der Waals surface area (Å²) < 4.78 is 0. The Bertz CT molecular complexity index is 712. The quantitative estimate of drug-likeness (QED) is 0.574. The Labute approximate surface area is 120 Å². The number of benzene rings is 2. The van der Waals surface area contributed by atoms with E-state index in [1.54, 1.807) is 48.5 Å². The second-order valence-corrected chi connectivity index (χ2v) is 4.10. The molecule has 0 heterocycles. The predicted octanol–water partition coefficient (Wildman–Crippen LogP) is 2.00. The first kappa shape index (κ1) is 14.2. The highest BCUT2D eigenvalue weighted by Gasteiger charge is 2.07. The molecule has 2 amide bonds. The first-order chi connectivity index (χ1) is 10.1. The Hall–Kier alpha value is -3.22. The van der Waals surface area contributed by atoms with Crippen molar-refractivity contribution in [2.45, 2.75) is 0 Å². The van der Waals surface area contributed by atoms with Gasteiger partial charge in [-0.15, -0.1) is 5.11 Å². The molecule has 2 aromatic rings. The monoisotopic (exact) mass is 283 g/mol. The molecule has 0 aromatic heterocycles. The number of anilines is 1. The molecule has 2 rings (SSSR count). The lowest BCUT2D eigenvalue weighted by molar-refractivity contribution is 0.0992. The van der Waals surface area contributed by atoms with Gasteiger partial charge in [-0.25, -0.2) is 0 Å².